The summed E-state index contributed by atoms with van der Waals surface area (Å²) in [6, 6.07) is 0. The molecule has 4 fully saturated rings. The van der Waals surface area contributed by atoms with E-state index in [0.29, 0.717) is 12.5 Å². The molecule has 0 aromatic heterocycles. The van der Waals surface area contributed by atoms with Gasteiger partial charge in [-0.2, -0.15) is 0 Å². The van der Waals surface area contributed by atoms with Gasteiger partial charge in [-0.15, -0.1) is 0 Å². The van der Waals surface area contributed by atoms with Crippen LogP contribution in [0.3, 0.4) is 0 Å². The number of guanidine groups is 1. The van der Waals surface area contributed by atoms with E-state index in [1.54, 1.807) is 0 Å². The molecule has 1 amide bonds. The number of carbonyl (C=O) groups excluding carboxylic acids is 1. The molecule has 1 N–H and O–H groups in total. The van der Waals surface area contributed by atoms with Gasteiger partial charge in [0.25, 0.3) is 0 Å². The van der Waals surface area contributed by atoms with Gasteiger partial charge in [-0.25, -0.2) is 0 Å². The molecule has 30 heavy (non-hydrogen) atoms. The zero-order valence-corrected chi connectivity index (χ0v) is 18.8. The Morgan fingerprint density at radius 3 is 2.17 bits per heavy atom. The van der Waals surface area contributed by atoms with Gasteiger partial charge in [0.15, 0.2) is 5.96 Å². The molecule has 0 aliphatic carbocycles. The van der Waals surface area contributed by atoms with Crippen LogP contribution in [-0.2, 0) is 9.53 Å². The molecular weight excluding hydrogens is 380 g/mol. The van der Waals surface area contributed by atoms with E-state index in [0.717, 1.165) is 90.7 Å². The van der Waals surface area contributed by atoms with Crippen LogP contribution >= 0.6 is 0 Å². The zero-order chi connectivity index (χ0) is 20.8. The summed E-state index contributed by atoms with van der Waals surface area (Å²) in [7, 11) is 1.89. The fourth-order valence-corrected chi connectivity index (χ4v) is 5.50. The average Bonchev–Trinajstić information content (AvgIpc) is 3.51. The fourth-order valence-electron chi connectivity index (χ4n) is 5.50. The number of likely N-dealkylation sites (tertiary alicyclic amines) is 2. The maximum atomic E-state index is 12.4. The van der Waals surface area contributed by atoms with Crippen molar-refractivity contribution in [1.82, 2.24) is 24.9 Å². The van der Waals surface area contributed by atoms with E-state index in [1.807, 2.05) is 11.9 Å². The first kappa shape index (κ1) is 21.8. The van der Waals surface area contributed by atoms with E-state index in [1.165, 1.54) is 25.9 Å². The molecule has 0 unspecified atom stereocenters. The van der Waals surface area contributed by atoms with Crippen molar-refractivity contribution < 1.29 is 9.53 Å². The van der Waals surface area contributed by atoms with Crippen molar-refractivity contribution in [3.8, 4) is 0 Å². The number of hydrogen-bond donors (Lipinski definition) is 1. The second-order valence-corrected chi connectivity index (χ2v) is 9.28. The Hall–Kier alpha value is -1.38. The molecular formula is C22H40N6O2. The van der Waals surface area contributed by atoms with Crippen LogP contribution < -0.4 is 5.32 Å². The van der Waals surface area contributed by atoms with Gasteiger partial charge >= 0.3 is 0 Å². The molecule has 8 nitrogen and oxygen atoms in total. The van der Waals surface area contributed by atoms with Gasteiger partial charge in [0.2, 0.25) is 5.91 Å². The van der Waals surface area contributed by atoms with Crippen LogP contribution in [0.5, 0.6) is 0 Å². The number of piperazine rings is 1. The van der Waals surface area contributed by atoms with Gasteiger partial charge in [-0.1, -0.05) is 0 Å². The maximum Gasteiger partial charge on any atom is 0.236 e. The monoisotopic (exact) mass is 420 g/mol. The maximum absolute atomic E-state index is 12.4. The van der Waals surface area contributed by atoms with Gasteiger partial charge in [0, 0.05) is 71.6 Å². The first-order valence-electron chi connectivity index (χ1n) is 12.0. The van der Waals surface area contributed by atoms with Crippen molar-refractivity contribution in [3.05, 3.63) is 0 Å². The minimum absolute atomic E-state index is 0.203. The first-order valence-corrected chi connectivity index (χ1v) is 12.0. The third-order valence-corrected chi connectivity index (χ3v) is 7.48. The second-order valence-electron chi connectivity index (χ2n) is 9.28. The van der Waals surface area contributed by atoms with Crippen LogP contribution in [0.2, 0.25) is 0 Å². The lowest BCUT2D eigenvalue weighted by atomic mass is 9.88. The van der Waals surface area contributed by atoms with Crippen LogP contribution in [0.25, 0.3) is 0 Å². The van der Waals surface area contributed by atoms with E-state index >= 15 is 0 Å². The predicted octanol–water partition coefficient (Wildman–Crippen LogP) is 0.447. The van der Waals surface area contributed by atoms with E-state index in [9.17, 15) is 4.79 Å². The minimum atomic E-state index is 0.203. The lowest BCUT2D eigenvalue weighted by molar-refractivity contribution is -0.131. The van der Waals surface area contributed by atoms with Crippen molar-refractivity contribution in [3.63, 3.8) is 0 Å². The molecule has 8 heteroatoms. The zero-order valence-electron chi connectivity index (χ0n) is 18.8. The normalized spacial score (nSPS) is 26.4. The summed E-state index contributed by atoms with van der Waals surface area (Å²) in [5, 5.41) is 3.71. The Balaban J connectivity index is 1.26. The molecule has 4 saturated heterocycles. The molecule has 4 aliphatic rings. The molecule has 4 heterocycles. The Morgan fingerprint density at radius 2 is 1.53 bits per heavy atom. The van der Waals surface area contributed by atoms with E-state index in [-0.39, 0.29) is 5.54 Å². The lowest BCUT2D eigenvalue weighted by Gasteiger charge is -2.45. The highest BCUT2D eigenvalue weighted by atomic mass is 16.5. The van der Waals surface area contributed by atoms with Gasteiger partial charge in [-0.05, 0) is 51.6 Å². The van der Waals surface area contributed by atoms with Crippen molar-refractivity contribution in [2.24, 2.45) is 4.99 Å². The average molecular weight is 421 g/mol. The summed E-state index contributed by atoms with van der Waals surface area (Å²) in [4.78, 5) is 26.4. The van der Waals surface area contributed by atoms with Gasteiger partial charge in [0.1, 0.15) is 0 Å². The van der Waals surface area contributed by atoms with Gasteiger partial charge in [-0.3, -0.25) is 19.6 Å². The number of aliphatic imine (C=N–C) groups is 1. The second kappa shape index (κ2) is 10.3. The van der Waals surface area contributed by atoms with Crippen LogP contribution in [0.1, 0.15) is 38.5 Å². The largest absolute Gasteiger partial charge is 0.381 e. The molecule has 4 rings (SSSR count). The number of hydrogen-bond acceptors (Lipinski definition) is 5. The van der Waals surface area contributed by atoms with Gasteiger partial charge in [0.05, 0.1) is 6.54 Å². The Kier molecular flexibility index (Phi) is 7.49. The molecule has 0 saturated carbocycles. The Morgan fingerprint density at radius 1 is 0.900 bits per heavy atom. The first-order chi connectivity index (χ1) is 14.7. The van der Waals surface area contributed by atoms with Crippen molar-refractivity contribution in [2.45, 2.75) is 44.1 Å². The SMILES string of the molecule is CN=C(NCC1(N2CCCC2)CCOCC1)N1CCN(CC(=O)N2CCCC2)CC1. The summed E-state index contributed by atoms with van der Waals surface area (Å²) < 4.78 is 5.68. The van der Waals surface area contributed by atoms with E-state index < -0.39 is 0 Å². The number of ether oxygens (including phenoxy) is 1. The molecule has 0 aromatic carbocycles. The molecule has 0 atom stereocenters. The number of nitrogens with zero attached hydrogens (tertiary/aromatic N) is 5. The number of carbonyl (C=O) groups is 1. The van der Waals surface area contributed by atoms with E-state index in [4.69, 9.17) is 4.74 Å². The van der Waals surface area contributed by atoms with Gasteiger partial charge < -0.3 is 19.9 Å². The topological polar surface area (TPSA) is 63.7 Å². The molecule has 0 aromatic rings. The smallest absolute Gasteiger partial charge is 0.236 e. The quantitative estimate of drug-likeness (QED) is 0.515. The third-order valence-electron chi connectivity index (χ3n) is 7.48. The molecule has 0 spiro atoms. The molecule has 0 radical (unpaired) electrons. The number of nitrogens with one attached hydrogen (secondary N) is 1. The van der Waals surface area contributed by atoms with Crippen molar-refractivity contribution in [1.29, 1.82) is 0 Å². The summed E-state index contributed by atoms with van der Waals surface area (Å²) in [5.74, 6) is 1.31. The highest BCUT2D eigenvalue weighted by molar-refractivity contribution is 5.80. The molecule has 4 aliphatic heterocycles. The summed E-state index contributed by atoms with van der Waals surface area (Å²) in [6.45, 7) is 11.2. The number of rotatable bonds is 5. The predicted molar refractivity (Wildman–Crippen MR) is 119 cm³/mol. The number of amides is 1. The third kappa shape index (κ3) is 5.08. The molecule has 0 bridgehead atoms. The highest BCUT2D eigenvalue weighted by Crippen LogP contribution is 2.30. The van der Waals surface area contributed by atoms with E-state index in [2.05, 4.69) is 25.0 Å². The van der Waals surface area contributed by atoms with Crippen LogP contribution in [0, 0.1) is 0 Å². The summed E-state index contributed by atoms with van der Waals surface area (Å²) >= 11 is 0. The highest BCUT2D eigenvalue weighted by Gasteiger charge is 2.40. The van der Waals surface area contributed by atoms with Crippen molar-refractivity contribution >= 4 is 11.9 Å². The molecule has 170 valence electrons. The van der Waals surface area contributed by atoms with Crippen LogP contribution in [-0.4, -0.2) is 123 Å². The van der Waals surface area contributed by atoms with Crippen LogP contribution in [0.4, 0.5) is 0 Å². The fraction of sp³-hybridized carbons (Fsp3) is 0.909. The Labute approximate surface area is 181 Å². The van der Waals surface area contributed by atoms with Crippen LogP contribution in [0.15, 0.2) is 4.99 Å². The van der Waals surface area contributed by atoms with Crippen molar-refractivity contribution in [2.75, 3.05) is 85.7 Å². The minimum Gasteiger partial charge on any atom is -0.381 e. The lowest BCUT2D eigenvalue weighted by Crippen LogP contribution is -2.60. The summed E-state index contributed by atoms with van der Waals surface area (Å²) in [6.07, 6.45) is 7.15. The Bertz CT molecular complexity index is 586. The summed E-state index contributed by atoms with van der Waals surface area (Å²) in [5.41, 5.74) is 0.203. The standard InChI is InChI=1S/C22H40N6O2/c1-23-21(24-19-22(6-16-30-17-7-22)28-10-4-5-11-28)27-14-12-25(13-15-27)18-20(29)26-8-2-3-9-26/h2-19H2,1H3,(H,23,24).